The van der Waals surface area contributed by atoms with Crippen molar-refractivity contribution in [3.63, 3.8) is 0 Å². The average Bonchev–Trinajstić information content (AvgIpc) is 3.34. The van der Waals surface area contributed by atoms with Gasteiger partial charge in [0.2, 0.25) is 5.96 Å². The van der Waals surface area contributed by atoms with Gasteiger partial charge in [-0.25, -0.2) is 19.4 Å². The molecule has 184 valence electrons. The molecule has 35 heavy (non-hydrogen) atoms. The van der Waals surface area contributed by atoms with Gasteiger partial charge >= 0.3 is 0 Å². The molecule has 7 nitrogen and oxygen atoms in total. The zero-order chi connectivity index (χ0) is 24.2. The average molecular weight is 495 g/mol. The number of aromatic nitrogens is 1. The second kappa shape index (κ2) is 10.8. The van der Waals surface area contributed by atoms with E-state index in [2.05, 4.69) is 29.4 Å². The lowest BCUT2D eigenvalue weighted by molar-refractivity contribution is 0.0531. The van der Waals surface area contributed by atoms with Gasteiger partial charge in [0, 0.05) is 37.8 Å². The Kier molecular flexibility index (Phi) is 7.36. The molecule has 3 aliphatic rings. The van der Waals surface area contributed by atoms with Crippen LogP contribution in [0.3, 0.4) is 0 Å². The fourth-order valence-electron chi connectivity index (χ4n) is 4.54. The Hall–Kier alpha value is -2.88. The standard InChI is InChI=1S/C26H31FN6OS/c1-2-23-32-24(18-5-3-4-17(14-18)16-28)25(35-23)21-8-9-29-26(31-21)30-19-6-7-22(20(27)15-19)33-10-12-34-13-11-33/h3-5,7,9,14-15,19,21H,2,6,8,10-13,16,28H2,1H3,(H,30,31). The molecule has 9 heteroatoms. The Morgan fingerprint density at radius 3 is 2.89 bits per heavy atom. The van der Waals surface area contributed by atoms with Crippen LogP contribution in [0.5, 0.6) is 0 Å². The van der Waals surface area contributed by atoms with Crippen molar-refractivity contribution in [3.8, 4) is 11.3 Å². The number of nitrogens with two attached hydrogens (primary N) is 1. The third-order valence-corrected chi connectivity index (χ3v) is 7.68. The second-order valence-corrected chi connectivity index (χ2v) is 9.90. The topological polar surface area (TPSA) is 88.1 Å². The molecule has 0 amide bonds. The molecule has 1 aromatic heterocycles. The van der Waals surface area contributed by atoms with Crippen molar-refractivity contribution in [2.75, 3.05) is 26.3 Å². The zero-order valence-electron chi connectivity index (χ0n) is 19.9. The van der Waals surface area contributed by atoms with Gasteiger partial charge in [0.15, 0.2) is 0 Å². The number of thiazole rings is 1. The molecule has 1 saturated heterocycles. The van der Waals surface area contributed by atoms with E-state index >= 15 is 0 Å². The highest BCUT2D eigenvalue weighted by atomic mass is 32.1. The number of hydrogen-bond donors (Lipinski definition) is 2. The molecule has 1 fully saturated rings. The van der Waals surface area contributed by atoms with Crippen molar-refractivity contribution in [2.45, 2.75) is 44.8 Å². The number of rotatable bonds is 6. The van der Waals surface area contributed by atoms with Crippen molar-refractivity contribution in [1.29, 1.82) is 0 Å². The van der Waals surface area contributed by atoms with Crippen LogP contribution in [0.4, 0.5) is 4.39 Å². The van der Waals surface area contributed by atoms with E-state index in [0.717, 1.165) is 46.2 Å². The van der Waals surface area contributed by atoms with Crippen LogP contribution in [0.1, 0.15) is 41.3 Å². The summed E-state index contributed by atoms with van der Waals surface area (Å²) in [7, 11) is 0. The third-order valence-electron chi connectivity index (χ3n) is 6.38. The summed E-state index contributed by atoms with van der Waals surface area (Å²) in [6, 6.07) is 7.95. The van der Waals surface area contributed by atoms with E-state index in [1.165, 1.54) is 0 Å². The number of benzene rings is 1. The van der Waals surface area contributed by atoms with Gasteiger partial charge in [-0.15, -0.1) is 11.3 Å². The highest BCUT2D eigenvalue weighted by Gasteiger charge is 2.26. The van der Waals surface area contributed by atoms with Gasteiger partial charge in [-0.2, -0.15) is 0 Å². The van der Waals surface area contributed by atoms with Gasteiger partial charge in [-0.1, -0.05) is 31.2 Å². The van der Waals surface area contributed by atoms with Crippen LogP contribution in [-0.4, -0.2) is 54.4 Å². The summed E-state index contributed by atoms with van der Waals surface area (Å²) >= 11 is 1.70. The monoisotopic (exact) mass is 494 g/mol. The molecule has 0 spiro atoms. The van der Waals surface area contributed by atoms with Crippen LogP contribution < -0.4 is 11.1 Å². The number of aryl methyl sites for hydroxylation is 1. The van der Waals surface area contributed by atoms with Gasteiger partial charge in [0.1, 0.15) is 5.83 Å². The van der Waals surface area contributed by atoms with E-state index < -0.39 is 0 Å². The van der Waals surface area contributed by atoms with E-state index in [0.29, 0.717) is 44.3 Å². The summed E-state index contributed by atoms with van der Waals surface area (Å²) < 4.78 is 20.3. The van der Waals surface area contributed by atoms with E-state index in [9.17, 15) is 4.39 Å². The first-order valence-electron chi connectivity index (χ1n) is 12.2. The van der Waals surface area contributed by atoms with Crippen molar-refractivity contribution in [1.82, 2.24) is 15.2 Å². The van der Waals surface area contributed by atoms with E-state index in [-0.39, 0.29) is 17.9 Å². The molecule has 0 radical (unpaired) electrons. The SMILES string of the molecule is CCc1nc(-c2cccc(CN)c2)c(C2CC=NC(NC3C=C(F)C(N4CCOCC4)=CC3)=N2)s1. The van der Waals surface area contributed by atoms with Crippen molar-refractivity contribution in [3.05, 3.63) is 63.4 Å². The molecule has 0 saturated carbocycles. The second-order valence-electron chi connectivity index (χ2n) is 8.78. The predicted octanol–water partition coefficient (Wildman–Crippen LogP) is 4.13. The Balaban J connectivity index is 1.34. The minimum atomic E-state index is -0.204. The number of aliphatic imine (C=N–C) groups is 2. The molecule has 2 aromatic rings. The minimum absolute atomic E-state index is 0.0822. The number of hydrogen-bond acceptors (Lipinski definition) is 8. The largest absolute Gasteiger partial charge is 0.378 e. The molecular formula is C26H31FN6OS. The van der Waals surface area contributed by atoms with Gasteiger partial charge in [0.25, 0.3) is 0 Å². The zero-order valence-corrected chi connectivity index (χ0v) is 20.7. The van der Waals surface area contributed by atoms with Crippen LogP contribution in [0, 0.1) is 0 Å². The molecule has 2 unspecified atom stereocenters. The molecule has 5 rings (SSSR count). The van der Waals surface area contributed by atoms with E-state index in [1.807, 2.05) is 29.3 Å². The van der Waals surface area contributed by atoms with Gasteiger partial charge in [-0.05, 0) is 30.5 Å². The first kappa shape index (κ1) is 23.8. The van der Waals surface area contributed by atoms with Crippen LogP contribution in [-0.2, 0) is 17.7 Å². The maximum absolute atomic E-state index is 14.9. The van der Waals surface area contributed by atoms with E-state index in [1.54, 1.807) is 17.4 Å². The lowest BCUT2D eigenvalue weighted by Gasteiger charge is -2.32. The third kappa shape index (κ3) is 5.37. The Morgan fingerprint density at radius 1 is 1.26 bits per heavy atom. The molecule has 2 atom stereocenters. The summed E-state index contributed by atoms with van der Waals surface area (Å²) in [5.41, 5.74) is 9.63. The summed E-state index contributed by atoms with van der Waals surface area (Å²) in [4.78, 5) is 17.5. The first-order valence-corrected chi connectivity index (χ1v) is 13.0. The Morgan fingerprint density at radius 2 is 2.11 bits per heavy atom. The normalized spacial score (nSPS) is 22.5. The number of ether oxygens (including phenoxy) is 1. The fourth-order valence-corrected chi connectivity index (χ4v) is 5.62. The fraction of sp³-hybridized carbons (Fsp3) is 0.423. The van der Waals surface area contributed by atoms with E-state index in [4.69, 9.17) is 20.4 Å². The van der Waals surface area contributed by atoms with Crippen LogP contribution in [0.15, 0.2) is 57.9 Å². The number of nitrogens with zero attached hydrogens (tertiary/aromatic N) is 4. The molecule has 1 aromatic carbocycles. The Labute approximate surface area is 209 Å². The number of halogens is 1. The van der Waals surface area contributed by atoms with Crippen molar-refractivity contribution >= 4 is 23.5 Å². The number of morpholine rings is 1. The summed E-state index contributed by atoms with van der Waals surface area (Å²) in [6.07, 6.45) is 7.74. The summed E-state index contributed by atoms with van der Waals surface area (Å²) in [5.74, 6) is 0.330. The highest BCUT2D eigenvalue weighted by molar-refractivity contribution is 7.12. The lowest BCUT2D eigenvalue weighted by atomic mass is 10.0. The summed E-state index contributed by atoms with van der Waals surface area (Å²) in [5, 5.41) is 4.41. The van der Waals surface area contributed by atoms with Crippen LogP contribution >= 0.6 is 11.3 Å². The maximum Gasteiger partial charge on any atom is 0.218 e. The first-order chi connectivity index (χ1) is 17.1. The smallest absolute Gasteiger partial charge is 0.218 e. The molecule has 3 N–H and O–H groups in total. The quantitative estimate of drug-likeness (QED) is 0.630. The van der Waals surface area contributed by atoms with Crippen LogP contribution in [0.25, 0.3) is 11.3 Å². The molecule has 2 aliphatic heterocycles. The van der Waals surface area contributed by atoms with Gasteiger partial charge < -0.3 is 20.7 Å². The molecule has 1 aliphatic carbocycles. The molecule has 0 bridgehead atoms. The maximum atomic E-state index is 14.9. The molecule has 3 heterocycles. The van der Waals surface area contributed by atoms with Gasteiger partial charge in [-0.3, -0.25) is 0 Å². The summed E-state index contributed by atoms with van der Waals surface area (Å²) in [6.45, 7) is 5.31. The van der Waals surface area contributed by atoms with Crippen molar-refractivity contribution in [2.24, 2.45) is 15.7 Å². The van der Waals surface area contributed by atoms with Crippen LogP contribution in [0.2, 0.25) is 0 Å². The highest BCUT2D eigenvalue weighted by Crippen LogP contribution is 2.37. The lowest BCUT2D eigenvalue weighted by Crippen LogP contribution is -2.39. The minimum Gasteiger partial charge on any atom is -0.378 e. The number of guanidine groups is 1. The number of nitrogens with one attached hydrogen (secondary N) is 1. The Bertz CT molecular complexity index is 1180. The predicted molar refractivity (Wildman–Crippen MR) is 139 cm³/mol. The number of allylic oxidation sites excluding steroid dienone is 1. The van der Waals surface area contributed by atoms with Gasteiger partial charge in [0.05, 0.1) is 46.6 Å². The molecular weight excluding hydrogens is 463 g/mol. The van der Waals surface area contributed by atoms with Crippen molar-refractivity contribution < 1.29 is 9.13 Å².